The summed E-state index contributed by atoms with van der Waals surface area (Å²) in [5.41, 5.74) is 1.54. The van der Waals surface area contributed by atoms with E-state index >= 15 is 0 Å². The summed E-state index contributed by atoms with van der Waals surface area (Å²) in [7, 11) is 0. The first kappa shape index (κ1) is 18.5. The van der Waals surface area contributed by atoms with Gasteiger partial charge in [0, 0.05) is 32.2 Å². The van der Waals surface area contributed by atoms with Crippen molar-refractivity contribution >= 4 is 35.6 Å². The molecule has 0 amide bonds. The number of rotatable bonds is 4. The monoisotopic (exact) mass is 352 g/mol. The largest absolute Gasteiger partial charge is 0.314 e. The Bertz CT molecular complexity index is 616. The summed E-state index contributed by atoms with van der Waals surface area (Å²) in [4.78, 5) is 2.70. The highest BCUT2D eigenvalue weighted by molar-refractivity contribution is 5.86. The quantitative estimate of drug-likeness (QED) is 0.875. The molecular weight excluding hydrogens is 327 g/mol. The van der Waals surface area contributed by atoms with E-state index in [2.05, 4.69) is 52.7 Å². The molecule has 0 aromatic heterocycles. The second-order valence-electron chi connectivity index (χ2n) is 6.55. The molecule has 2 aromatic rings. The maximum absolute atomic E-state index is 3.49. The van der Waals surface area contributed by atoms with Gasteiger partial charge in [0.25, 0.3) is 0 Å². The van der Waals surface area contributed by atoms with Gasteiger partial charge in [0.1, 0.15) is 0 Å². The number of hydrogen-bond acceptors (Lipinski definition) is 2. The summed E-state index contributed by atoms with van der Waals surface area (Å²) in [6, 6.07) is 16.3. The van der Waals surface area contributed by atoms with Gasteiger partial charge in [-0.2, -0.15) is 0 Å². The first-order valence-electron chi connectivity index (χ1n) is 8.34. The Hall–Kier alpha value is -0.800. The molecule has 2 nitrogen and oxygen atoms in total. The zero-order chi connectivity index (χ0) is 14.1. The predicted octanol–water partition coefficient (Wildman–Crippen LogP) is 4.43. The lowest BCUT2D eigenvalue weighted by Gasteiger charge is -2.36. The lowest BCUT2D eigenvalue weighted by atomic mass is 9.93. The van der Waals surface area contributed by atoms with Crippen molar-refractivity contribution in [2.24, 2.45) is 5.92 Å². The molecule has 2 aliphatic rings. The van der Waals surface area contributed by atoms with Crippen LogP contribution in [-0.4, -0.2) is 31.1 Å². The van der Waals surface area contributed by atoms with Crippen LogP contribution in [0, 0.1) is 5.92 Å². The van der Waals surface area contributed by atoms with Gasteiger partial charge in [-0.25, -0.2) is 0 Å². The maximum atomic E-state index is 3.49. The Labute approximate surface area is 151 Å². The molecule has 4 heteroatoms. The molecule has 0 spiro atoms. The molecule has 1 aliphatic heterocycles. The van der Waals surface area contributed by atoms with Crippen LogP contribution in [0.15, 0.2) is 42.5 Å². The molecule has 1 heterocycles. The second-order valence-corrected chi connectivity index (χ2v) is 6.55. The summed E-state index contributed by atoms with van der Waals surface area (Å²) in [5, 5.41) is 6.31. The average molecular weight is 353 g/mol. The van der Waals surface area contributed by atoms with Crippen LogP contribution in [0.25, 0.3) is 10.8 Å². The lowest BCUT2D eigenvalue weighted by molar-refractivity contribution is 0.161. The lowest BCUT2D eigenvalue weighted by Crippen LogP contribution is -2.45. The Balaban J connectivity index is 0.000000960. The van der Waals surface area contributed by atoms with Crippen molar-refractivity contribution in [2.75, 3.05) is 26.2 Å². The van der Waals surface area contributed by atoms with Crippen molar-refractivity contribution in [3.63, 3.8) is 0 Å². The molecule has 0 unspecified atom stereocenters. The van der Waals surface area contributed by atoms with Gasteiger partial charge in [-0.15, -0.1) is 24.8 Å². The van der Waals surface area contributed by atoms with Crippen LogP contribution < -0.4 is 5.32 Å². The topological polar surface area (TPSA) is 15.3 Å². The van der Waals surface area contributed by atoms with Crippen LogP contribution >= 0.6 is 24.8 Å². The molecule has 2 aromatic carbocycles. The number of fused-ring (bicyclic) bond motifs is 1. The summed E-state index contributed by atoms with van der Waals surface area (Å²) >= 11 is 0. The van der Waals surface area contributed by atoms with E-state index in [1.807, 2.05) is 0 Å². The third-order valence-corrected chi connectivity index (χ3v) is 5.03. The van der Waals surface area contributed by atoms with E-state index in [-0.39, 0.29) is 24.8 Å². The van der Waals surface area contributed by atoms with Crippen molar-refractivity contribution in [1.82, 2.24) is 10.2 Å². The van der Waals surface area contributed by atoms with Gasteiger partial charge in [0.15, 0.2) is 0 Å². The van der Waals surface area contributed by atoms with Crippen molar-refractivity contribution in [1.29, 1.82) is 0 Å². The molecule has 2 fully saturated rings. The summed E-state index contributed by atoms with van der Waals surface area (Å²) in [5.74, 6) is 0.962. The molecule has 4 rings (SSSR count). The zero-order valence-electron chi connectivity index (χ0n) is 13.4. The number of piperazine rings is 1. The van der Waals surface area contributed by atoms with Crippen molar-refractivity contribution < 1.29 is 0 Å². The highest BCUT2D eigenvalue weighted by Crippen LogP contribution is 2.41. The first-order chi connectivity index (χ1) is 10.4. The SMILES string of the molecule is Cl.Cl.c1ccc2c([C@@H](CC3CC3)N3CCNCC3)cccc2c1. The summed E-state index contributed by atoms with van der Waals surface area (Å²) in [6.45, 7) is 4.62. The van der Waals surface area contributed by atoms with Crippen molar-refractivity contribution in [2.45, 2.75) is 25.3 Å². The number of hydrogen-bond donors (Lipinski definition) is 1. The number of halogens is 2. The smallest absolute Gasteiger partial charge is 0.0357 e. The minimum absolute atomic E-state index is 0. The van der Waals surface area contributed by atoms with Crippen LogP contribution in [0.3, 0.4) is 0 Å². The minimum atomic E-state index is 0. The van der Waals surface area contributed by atoms with Gasteiger partial charge in [-0.3, -0.25) is 4.90 Å². The Morgan fingerprint density at radius 3 is 2.39 bits per heavy atom. The van der Waals surface area contributed by atoms with Crippen LogP contribution in [0.4, 0.5) is 0 Å². The molecule has 23 heavy (non-hydrogen) atoms. The Morgan fingerprint density at radius 1 is 0.957 bits per heavy atom. The second kappa shape index (κ2) is 8.34. The fourth-order valence-electron chi connectivity index (χ4n) is 3.68. The number of nitrogens with zero attached hydrogens (tertiary/aromatic N) is 1. The third kappa shape index (κ3) is 4.19. The van der Waals surface area contributed by atoms with Crippen LogP contribution in [0.1, 0.15) is 30.9 Å². The molecular formula is C19H26Cl2N2. The Morgan fingerprint density at radius 2 is 1.65 bits per heavy atom. The molecule has 1 atom stereocenters. The van der Waals surface area contributed by atoms with E-state index in [1.54, 1.807) is 5.56 Å². The maximum Gasteiger partial charge on any atom is 0.0357 e. The van der Waals surface area contributed by atoms with Gasteiger partial charge in [-0.05, 0) is 28.7 Å². The van der Waals surface area contributed by atoms with Gasteiger partial charge in [0.2, 0.25) is 0 Å². The highest BCUT2D eigenvalue weighted by atomic mass is 35.5. The molecule has 0 bridgehead atoms. The number of nitrogens with one attached hydrogen (secondary N) is 1. The van der Waals surface area contributed by atoms with Gasteiger partial charge in [0.05, 0.1) is 0 Å². The van der Waals surface area contributed by atoms with Gasteiger partial charge in [-0.1, -0.05) is 55.3 Å². The fraction of sp³-hybridized carbons (Fsp3) is 0.474. The van der Waals surface area contributed by atoms with Crippen molar-refractivity contribution in [3.8, 4) is 0 Å². The summed E-state index contributed by atoms with van der Waals surface area (Å²) in [6.07, 6.45) is 4.22. The van der Waals surface area contributed by atoms with Gasteiger partial charge < -0.3 is 5.32 Å². The normalized spacial score (nSPS) is 19.7. The van der Waals surface area contributed by atoms with Crippen LogP contribution in [0.2, 0.25) is 0 Å². The van der Waals surface area contributed by atoms with E-state index in [0.29, 0.717) is 6.04 Å². The molecule has 1 N–H and O–H groups in total. The summed E-state index contributed by atoms with van der Waals surface area (Å²) < 4.78 is 0. The molecule has 0 radical (unpaired) electrons. The molecule has 126 valence electrons. The zero-order valence-corrected chi connectivity index (χ0v) is 15.0. The van der Waals surface area contributed by atoms with Gasteiger partial charge >= 0.3 is 0 Å². The van der Waals surface area contributed by atoms with Crippen molar-refractivity contribution in [3.05, 3.63) is 48.0 Å². The number of benzene rings is 2. The average Bonchev–Trinajstić information content (AvgIpc) is 3.37. The van der Waals surface area contributed by atoms with Crippen LogP contribution in [-0.2, 0) is 0 Å². The minimum Gasteiger partial charge on any atom is -0.314 e. The highest BCUT2D eigenvalue weighted by Gasteiger charge is 2.31. The predicted molar refractivity (Wildman–Crippen MR) is 103 cm³/mol. The molecule has 1 saturated carbocycles. The third-order valence-electron chi connectivity index (χ3n) is 5.03. The standard InChI is InChI=1S/C19H24N2.2ClH/c1-2-6-17-16(4-1)5-3-7-18(17)19(14-15-8-9-15)21-12-10-20-11-13-21;;/h1-7,15,19-20H,8-14H2;2*1H/t19-;;/m1../s1. The first-order valence-corrected chi connectivity index (χ1v) is 8.34. The fourth-order valence-corrected chi connectivity index (χ4v) is 3.68. The molecule has 1 saturated heterocycles. The van der Waals surface area contributed by atoms with E-state index in [1.165, 1.54) is 43.1 Å². The van der Waals surface area contributed by atoms with Crippen LogP contribution in [0.5, 0.6) is 0 Å². The van der Waals surface area contributed by atoms with E-state index in [9.17, 15) is 0 Å². The molecule has 1 aliphatic carbocycles. The van der Waals surface area contributed by atoms with E-state index in [4.69, 9.17) is 0 Å². The van der Waals surface area contributed by atoms with E-state index in [0.717, 1.165) is 19.0 Å². The Kier molecular flexibility index (Phi) is 6.72. The van der Waals surface area contributed by atoms with E-state index < -0.39 is 0 Å².